The quantitative estimate of drug-likeness (QED) is 0.832. The van der Waals surface area contributed by atoms with Gasteiger partial charge in [-0.2, -0.15) is 0 Å². The van der Waals surface area contributed by atoms with E-state index in [0.29, 0.717) is 18.3 Å². The van der Waals surface area contributed by atoms with Crippen LogP contribution in [0.5, 0.6) is 0 Å². The molecule has 0 aromatic heterocycles. The first-order chi connectivity index (χ1) is 9.50. The number of nitrogens with one attached hydrogen (secondary N) is 1. The van der Waals surface area contributed by atoms with Crippen molar-refractivity contribution in [1.29, 1.82) is 0 Å². The van der Waals surface area contributed by atoms with Gasteiger partial charge in [-0.3, -0.25) is 9.59 Å². The van der Waals surface area contributed by atoms with Crippen molar-refractivity contribution in [3.63, 3.8) is 0 Å². The first kappa shape index (κ1) is 15.3. The van der Waals surface area contributed by atoms with Crippen LogP contribution in [0.15, 0.2) is 0 Å². The minimum atomic E-state index is -0.813. The van der Waals surface area contributed by atoms with E-state index in [1.54, 1.807) is 0 Å². The highest BCUT2D eigenvalue weighted by atomic mass is 16.4. The molecular formula is C16H27NO3. The van der Waals surface area contributed by atoms with Crippen molar-refractivity contribution in [2.24, 2.45) is 23.7 Å². The van der Waals surface area contributed by atoms with Crippen LogP contribution < -0.4 is 5.32 Å². The van der Waals surface area contributed by atoms with Crippen LogP contribution in [-0.2, 0) is 9.59 Å². The van der Waals surface area contributed by atoms with E-state index in [9.17, 15) is 14.7 Å². The minimum absolute atomic E-state index is 0.0209. The molecule has 4 nitrogen and oxygen atoms in total. The van der Waals surface area contributed by atoms with E-state index < -0.39 is 11.9 Å². The van der Waals surface area contributed by atoms with Crippen molar-refractivity contribution in [3.8, 4) is 0 Å². The number of hydrogen-bond donors (Lipinski definition) is 2. The fourth-order valence-corrected chi connectivity index (χ4v) is 4.00. The molecule has 4 atom stereocenters. The first-order valence-electron chi connectivity index (χ1n) is 8.04. The van der Waals surface area contributed by atoms with Gasteiger partial charge in [0.15, 0.2) is 0 Å². The number of amides is 1. The second-order valence-corrected chi connectivity index (χ2v) is 6.79. The molecule has 4 heteroatoms. The highest BCUT2D eigenvalue weighted by Crippen LogP contribution is 2.34. The molecule has 4 unspecified atom stereocenters. The summed E-state index contributed by atoms with van der Waals surface area (Å²) < 4.78 is 0. The van der Waals surface area contributed by atoms with Crippen LogP contribution in [-0.4, -0.2) is 23.0 Å². The predicted octanol–water partition coefficient (Wildman–Crippen LogP) is 2.82. The summed E-state index contributed by atoms with van der Waals surface area (Å²) in [5.41, 5.74) is 0. The van der Waals surface area contributed by atoms with Gasteiger partial charge in [0.25, 0.3) is 0 Å². The summed E-state index contributed by atoms with van der Waals surface area (Å²) in [4.78, 5) is 23.6. The van der Waals surface area contributed by atoms with E-state index in [-0.39, 0.29) is 17.9 Å². The summed E-state index contributed by atoms with van der Waals surface area (Å²) in [5, 5.41) is 12.4. The van der Waals surface area contributed by atoms with Gasteiger partial charge in [0.05, 0.1) is 11.8 Å². The van der Waals surface area contributed by atoms with Gasteiger partial charge in [0.2, 0.25) is 5.91 Å². The third-order valence-electron chi connectivity index (χ3n) is 5.17. The highest BCUT2D eigenvalue weighted by molar-refractivity contribution is 5.85. The summed E-state index contributed by atoms with van der Waals surface area (Å²) >= 11 is 0. The first-order valence-corrected chi connectivity index (χ1v) is 8.04. The van der Waals surface area contributed by atoms with Crippen LogP contribution in [0.3, 0.4) is 0 Å². The smallest absolute Gasteiger partial charge is 0.307 e. The van der Waals surface area contributed by atoms with E-state index in [1.165, 1.54) is 19.3 Å². The number of aliphatic carboxylic acids is 1. The van der Waals surface area contributed by atoms with Crippen LogP contribution in [0, 0.1) is 23.7 Å². The largest absolute Gasteiger partial charge is 0.481 e. The molecule has 1 amide bonds. The number of carboxylic acid groups (broad SMARTS) is 1. The van der Waals surface area contributed by atoms with Crippen molar-refractivity contribution < 1.29 is 14.7 Å². The highest BCUT2D eigenvalue weighted by Gasteiger charge is 2.39. The molecule has 2 fully saturated rings. The minimum Gasteiger partial charge on any atom is -0.481 e. The summed E-state index contributed by atoms with van der Waals surface area (Å²) in [6, 6.07) is 0.242. The Hall–Kier alpha value is -1.06. The molecule has 0 heterocycles. The molecule has 0 spiro atoms. The summed E-state index contributed by atoms with van der Waals surface area (Å²) in [5.74, 6) is -0.519. The fourth-order valence-electron chi connectivity index (χ4n) is 4.00. The molecular weight excluding hydrogens is 254 g/mol. The number of hydrogen-bond acceptors (Lipinski definition) is 2. The van der Waals surface area contributed by atoms with Crippen LogP contribution in [0.2, 0.25) is 0 Å². The van der Waals surface area contributed by atoms with E-state index in [2.05, 4.69) is 19.2 Å². The molecule has 2 rings (SSSR count). The Morgan fingerprint density at radius 3 is 2.30 bits per heavy atom. The van der Waals surface area contributed by atoms with Gasteiger partial charge < -0.3 is 10.4 Å². The number of carbonyl (C=O) groups is 2. The van der Waals surface area contributed by atoms with Crippen LogP contribution in [0.25, 0.3) is 0 Å². The van der Waals surface area contributed by atoms with Gasteiger partial charge in [-0.1, -0.05) is 33.1 Å². The number of carboxylic acids is 1. The van der Waals surface area contributed by atoms with Crippen molar-refractivity contribution in [2.75, 3.05) is 0 Å². The molecule has 2 aliphatic carbocycles. The zero-order chi connectivity index (χ0) is 14.7. The van der Waals surface area contributed by atoms with Crippen molar-refractivity contribution in [3.05, 3.63) is 0 Å². The average molecular weight is 281 g/mol. The molecule has 0 aromatic rings. The maximum Gasteiger partial charge on any atom is 0.307 e. The van der Waals surface area contributed by atoms with E-state index >= 15 is 0 Å². The molecule has 2 saturated carbocycles. The summed E-state index contributed by atoms with van der Waals surface area (Å²) in [6.45, 7) is 4.43. The van der Waals surface area contributed by atoms with Crippen LogP contribution in [0.1, 0.15) is 58.8 Å². The van der Waals surface area contributed by atoms with Crippen LogP contribution in [0.4, 0.5) is 0 Å². The lowest BCUT2D eigenvalue weighted by Gasteiger charge is -2.35. The van der Waals surface area contributed by atoms with Crippen molar-refractivity contribution in [1.82, 2.24) is 5.32 Å². The molecule has 0 aliphatic heterocycles. The molecule has 20 heavy (non-hydrogen) atoms. The maximum absolute atomic E-state index is 12.4. The third kappa shape index (κ3) is 3.33. The van der Waals surface area contributed by atoms with E-state index in [1.807, 2.05) is 0 Å². The Morgan fingerprint density at radius 2 is 1.65 bits per heavy atom. The molecule has 0 radical (unpaired) electrons. The Morgan fingerprint density at radius 1 is 1.00 bits per heavy atom. The maximum atomic E-state index is 12.4. The number of carbonyl (C=O) groups excluding carboxylic acids is 1. The normalized spacial score (nSPS) is 34.1. The van der Waals surface area contributed by atoms with Crippen molar-refractivity contribution >= 4 is 11.9 Å². The molecule has 2 N–H and O–H groups in total. The van der Waals surface area contributed by atoms with Gasteiger partial charge in [0.1, 0.15) is 0 Å². The van der Waals surface area contributed by atoms with Crippen molar-refractivity contribution in [2.45, 2.75) is 64.8 Å². The van der Waals surface area contributed by atoms with Gasteiger partial charge in [0, 0.05) is 6.04 Å². The Labute approximate surface area is 121 Å². The zero-order valence-corrected chi connectivity index (χ0v) is 12.6. The SMILES string of the molecule is CC(C)C1CCCCC1NC(=O)C1CCCC1C(=O)O. The number of rotatable bonds is 4. The lowest BCUT2D eigenvalue weighted by atomic mass is 9.77. The fraction of sp³-hybridized carbons (Fsp3) is 0.875. The van der Waals surface area contributed by atoms with Gasteiger partial charge in [-0.15, -0.1) is 0 Å². The zero-order valence-electron chi connectivity index (χ0n) is 12.6. The third-order valence-corrected chi connectivity index (χ3v) is 5.17. The molecule has 114 valence electrons. The Kier molecular flexibility index (Phi) is 5.06. The lowest BCUT2D eigenvalue weighted by molar-refractivity contribution is -0.146. The monoisotopic (exact) mass is 281 g/mol. The Bertz CT molecular complexity index is 367. The predicted molar refractivity (Wildman–Crippen MR) is 77.2 cm³/mol. The standard InChI is InChI=1S/C16H27NO3/c1-10(2)11-6-3-4-9-14(11)17-15(18)12-7-5-8-13(12)16(19)20/h10-14H,3-9H2,1-2H3,(H,17,18)(H,19,20). The molecule has 2 aliphatic rings. The van der Waals surface area contributed by atoms with E-state index in [4.69, 9.17) is 0 Å². The Balaban J connectivity index is 1.97. The van der Waals surface area contributed by atoms with Gasteiger partial charge in [-0.25, -0.2) is 0 Å². The lowest BCUT2D eigenvalue weighted by Crippen LogP contribution is -2.47. The van der Waals surface area contributed by atoms with Gasteiger partial charge in [-0.05, 0) is 37.5 Å². The molecule has 0 bridgehead atoms. The summed E-state index contributed by atoms with van der Waals surface area (Å²) in [7, 11) is 0. The van der Waals surface area contributed by atoms with E-state index in [0.717, 1.165) is 19.3 Å². The summed E-state index contributed by atoms with van der Waals surface area (Å²) in [6.07, 6.45) is 6.85. The molecule has 0 saturated heterocycles. The van der Waals surface area contributed by atoms with Crippen LogP contribution >= 0.6 is 0 Å². The topological polar surface area (TPSA) is 66.4 Å². The average Bonchev–Trinajstić information content (AvgIpc) is 2.88. The molecule has 0 aromatic carbocycles. The second kappa shape index (κ2) is 6.59. The van der Waals surface area contributed by atoms with Gasteiger partial charge >= 0.3 is 5.97 Å². The second-order valence-electron chi connectivity index (χ2n) is 6.79.